The van der Waals surface area contributed by atoms with Crippen LogP contribution in [0.2, 0.25) is 0 Å². The largest absolute Gasteiger partial charge is 1.00 e. The van der Waals surface area contributed by atoms with Gasteiger partial charge in [0.1, 0.15) is 15.6 Å². The van der Waals surface area contributed by atoms with Gasteiger partial charge in [0, 0.05) is 6.61 Å². The van der Waals surface area contributed by atoms with Crippen molar-refractivity contribution in [2.45, 2.75) is 32.1 Å². The van der Waals surface area contributed by atoms with Crippen molar-refractivity contribution in [2.24, 2.45) is 0 Å². The maximum atomic E-state index is 10.4. The molecule has 0 rings (SSSR count). The number of ether oxygens (including phenoxy) is 1. The van der Waals surface area contributed by atoms with E-state index in [2.05, 4.69) is 0 Å². The summed E-state index contributed by atoms with van der Waals surface area (Å²) in [4.78, 5) is 0. The van der Waals surface area contributed by atoms with E-state index in [-0.39, 0.29) is 57.8 Å². The second kappa shape index (κ2) is 7.87. The average Bonchev–Trinajstić information content (AvgIpc) is 1.87. The summed E-state index contributed by atoms with van der Waals surface area (Å²) in [6.45, 7) is 3.78. The normalized spacial score (nSPS) is 13.6. The molecule has 0 spiro atoms. The molecular formula is C6H13KO4S. The van der Waals surface area contributed by atoms with Gasteiger partial charge in [-0.25, -0.2) is 8.42 Å². The van der Waals surface area contributed by atoms with E-state index in [1.807, 2.05) is 6.92 Å². The Balaban J connectivity index is 0. The molecule has 0 fully saturated rings. The first-order valence-corrected chi connectivity index (χ1v) is 5.05. The van der Waals surface area contributed by atoms with Gasteiger partial charge in [-0.2, -0.15) is 0 Å². The van der Waals surface area contributed by atoms with Gasteiger partial charge in [-0.3, -0.25) is 0 Å². The molecule has 0 aliphatic heterocycles. The molecule has 0 saturated heterocycles. The minimum atomic E-state index is -4.26. The zero-order chi connectivity index (χ0) is 8.91. The second-order valence-corrected chi connectivity index (χ2v) is 3.71. The van der Waals surface area contributed by atoms with E-state index >= 15 is 0 Å². The monoisotopic (exact) mass is 220 g/mol. The Kier molecular flexibility index (Phi) is 10.5. The standard InChI is InChI=1S/C6H14O4S.K/c1-3-5-10-6(4-2)11(7,8)9;/h6H,3-5H2,1-2H3,(H,7,8,9);/q;+1/p-1. The summed E-state index contributed by atoms with van der Waals surface area (Å²) in [6, 6.07) is 0. The van der Waals surface area contributed by atoms with Gasteiger partial charge in [0.15, 0.2) is 0 Å². The summed E-state index contributed by atoms with van der Waals surface area (Å²) in [5.74, 6) is 0. The maximum absolute atomic E-state index is 10.4. The van der Waals surface area contributed by atoms with Gasteiger partial charge in [0.25, 0.3) is 0 Å². The fourth-order valence-electron chi connectivity index (χ4n) is 0.655. The van der Waals surface area contributed by atoms with E-state index in [9.17, 15) is 13.0 Å². The van der Waals surface area contributed by atoms with Crippen molar-refractivity contribution >= 4 is 10.1 Å². The maximum Gasteiger partial charge on any atom is 1.00 e. The average molecular weight is 220 g/mol. The first-order valence-electron chi connectivity index (χ1n) is 3.58. The molecule has 0 aliphatic rings. The number of hydrogen-bond donors (Lipinski definition) is 0. The molecule has 4 nitrogen and oxygen atoms in total. The molecule has 12 heavy (non-hydrogen) atoms. The van der Waals surface area contributed by atoms with E-state index in [0.717, 1.165) is 0 Å². The Labute approximate surface area is 116 Å². The third-order valence-electron chi connectivity index (χ3n) is 1.16. The van der Waals surface area contributed by atoms with Gasteiger partial charge in [-0.15, -0.1) is 0 Å². The molecular weight excluding hydrogens is 207 g/mol. The molecule has 68 valence electrons. The molecule has 0 aromatic carbocycles. The van der Waals surface area contributed by atoms with Crippen LogP contribution in [0.15, 0.2) is 0 Å². The first kappa shape index (κ1) is 16.0. The molecule has 0 aliphatic carbocycles. The summed E-state index contributed by atoms with van der Waals surface area (Å²) in [7, 11) is -4.26. The Bertz CT molecular complexity index is 190. The van der Waals surface area contributed by atoms with Gasteiger partial charge < -0.3 is 9.29 Å². The molecule has 0 heterocycles. The molecule has 0 aromatic rings. The van der Waals surface area contributed by atoms with Gasteiger partial charge in [-0.1, -0.05) is 13.8 Å². The Morgan fingerprint density at radius 2 is 1.92 bits per heavy atom. The van der Waals surface area contributed by atoms with E-state index in [1.54, 1.807) is 6.92 Å². The molecule has 0 N–H and O–H groups in total. The Morgan fingerprint density at radius 1 is 1.42 bits per heavy atom. The predicted octanol–water partition coefficient (Wildman–Crippen LogP) is -2.30. The van der Waals surface area contributed by atoms with Crippen molar-refractivity contribution in [3.8, 4) is 0 Å². The van der Waals surface area contributed by atoms with Crippen molar-refractivity contribution in [2.75, 3.05) is 6.61 Å². The van der Waals surface area contributed by atoms with Crippen molar-refractivity contribution in [3.05, 3.63) is 0 Å². The van der Waals surface area contributed by atoms with Crippen LogP contribution in [-0.2, 0) is 14.9 Å². The van der Waals surface area contributed by atoms with Crippen LogP contribution in [0.4, 0.5) is 0 Å². The van der Waals surface area contributed by atoms with Crippen molar-refractivity contribution < 1.29 is 69.1 Å². The molecule has 0 aromatic heterocycles. The third-order valence-corrected chi connectivity index (χ3v) is 2.28. The second-order valence-electron chi connectivity index (χ2n) is 2.20. The molecule has 0 amide bonds. The first-order chi connectivity index (χ1) is 5.02. The summed E-state index contributed by atoms with van der Waals surface area (Å²) in [5, 5.41) is 0. The summed E-state index contributed by atoms with van der Waals surface area (Å²) >= 11 is 0. The molecule has 6 heteroatoms. The Hall–Kier alpha value is 1.51. The number of hydrogen-bond acceptors (Lipinski definition) is 4. The SMILES string of the molecule is CCCOC(CC)S(=O)(=O)[O-].[K+]. The topological polar surface area (TPSA) is 66.4 Å². The van der Waals surface area contributed by atoms with Crippen LogP contribution >= 0.6 is 0 Å². The molecule has 1 unspecified atom stereocenters. The summed E-state index contributed by atoms with van der Waals surface area (Å²) in [5.41, 5.74) is -1.16. The van der Waals surface area contributed by atoms with E-state index in [1.165, 1.54) is 0 Å². The zero-order valence-electron chi connectivity index (χ0n) is 7.74. The molecule has 0 bridgehead atoms. The van der Waals surface area contributed by atoms with Gasteiger partial charge >= 0.3 is 51.4 Å². The van der Waals surface area contributed by atoms with E-state index < -0.39 is 15.6 Å². The fourth-order valence-corrected chi connectivity index (χ4v) is 1.33. The van der Waals surface area contributed by atoms with Crippen LogP contribution < -0.4 is 51.4 Å². The fraction of sp³-hybridized carbons (Fsp3) is 1.00. The van der Waals surface area contributed by atoms with E-state index in [4.69, 9.17) is 4.74 Å². The molecule has 0 radical (unpaired) electrons. The third kappa shape index (κ3) is 6.96. The smallest absolute Gasteiger partial charge is 0.746 e. The number of rotatable bonds is 5. The predicted molar refractivity (Wildman–Crippen MR) is 40.0 cm³/mol. The van der Waals surface area contributed by atoms with Crippen molar-refractivity contribution in [1.29, 1.82) is 0 Å². The molecule has 1 atom stereocenters. The quantitative estimate of drug-likeness (QED) is 0.386. The van der Waals surface area contributed by atoms with Crippen LogP contribution in [0.3, 0.4) is 0 Å². The van der Waals surface area contributed by atoms with Crippen LogP contribution in [0, 0.1) is 0 Å². The van der Waals surface area contributed by atoms with Crippen LogP contribution in [-0.4, -0.2) is 25.0 Å². The zero-order valence-corrected chi connectivity index (χ0v) is 11.7. The van der Waals surface area contributed by atoms with Gasteiger partial charge in [-0.05, 0) is 12.8 Å². The molecule has 0 saturated carbocycles. The minimum Gasteiger partial charge on any atom is -0.746 e. The van der Waals surface area contributed by atoms with Crippen LogP contribution in [0.1, 0.15) is 26.7 Å². The van der Waals surface area contributed by atoms with Crippen LogP contribution in [0.5, 0.6) is 0 Å². The van der Waals surface area contributed by atoms with Gasteiger partial charge in [0.05, 0.1) is 0 Å². The van der Waals surface area contributed by atoms with Crippen molar-refractivity contribution in [3.63, 3.8) is 0 Å². The minimum absolute atomic E-state index is 0. The summed E-state index contributed by atoms with van der Waals surface area (Å²) < 4.78 is 36.0. The van der Waals surface area contributed by atoms with Crippen molar-refractivity contribution in [1.82, 2.24) is 0 Å². The Morgan fingerprint density at radius 3 is 2.17 bits per heavy atom. The van der Waals surface area contributed by atoms with Gasteiger partial charge in [0.2, 0.25) is 0 Å². The van der Waals surface area contributed by atoms with E-state index in [0.29, 0.717) is 13.0 Å². The summed E-state index contributed by atoms with van der Waals surface area (Å²) in [6.07, 6.45) is 0.928. The van der Waals surface area contributed by atoms with Crippen LogP contribution in [0.25, 0.3) is 0 Å².